The number of carboxylic acids is 1. The number of aliphatic carboxylic acids is 1. The maximum atomic E-state index is 12.8. The van der Waals surface area contributed by atoms with E-state index in [1.165, 1.54) is 4.90 Å². The minimum atomic E-state index is -1.15. The molecule has 24 heavy (non-hydrogen) atoms. The lowest BCUT2D eigenvalue weighted by Crippen LogP contribution is -2.52. The first kappa shape index (κ1) is 16.5. The molecule has 1 N–H and O–H groups in total. The van der Waals surface area contributed by atoms with Crippen molar-refractivity contribution in [3.63, 3.8) is 0 Å². The summed E-state index contributed by atoms with van der Waals surface area (Å²) in [4.78, 5) is 39.7. The molecule has 6 nitrogen and oxygen atoms in total. The fourth-order valence-corrected chi connectivity index (χ4v) is 3.65. The number of carboxylic acid groups (broad SMARTS) is 1. The van der Waals surface area contributed by atoms with E-state index in [0.717, 1.165) is 5.56 Å². The number of carbonyl (C=O) groups excluding carboxylic acids is 2. The Bertz CT molecular complexity index is 660. The highest BCUT2D eigenvalue weighted by Gasteiger charge is 2.49. The zero-order valence-corrected chi connectivity index (χ0v) is 13.8. The van der Waals surface area contributed by atoms with Gasteiger partial charge < -0.3 is 14.9 Å². The molecule has 0 spiro atoms. The molecular formula is C18H22N2O4. The number of rotatable bonds is 4. The van der Waals surface area contributed by atoms with Crippen LogP contribution in [0.2, 0.25) is 0 Å². The van der Waals surface area contributed by atoms with Crippen molar-refractivity contribution in [1.82, 2.24) is 9.80 Å². The number of nitrogens with zero attached hydrogens (tertiary/aromatic N) is 2. The number of benzene rings is 1. The fraction of sp³-hybridized carbons (Fsp3) is 0.500. The molecule has 2 fully saturated rings. The molecule has 0 radical (unpaired) electrons. The van der Waals surface area contributed by atoms with Crippen molar-refractivity contribution in [3.05, 3.63) is 35.9 Å². The third-order valence-corrected chi connectivity index (χ3v) is 5.15. The zero-order chi connectivity index (χ0) is 17.3. The van der Waals surface area contributed by atoms with E-state index in [0.29, 0.717) is 32.5 Å². The summed E-state index contributed by atoms with van der Waals surface area (Å²) in [5, 5.41) is 9.46. The van der Waals surface area contributed by atoms with Crippen molar-refractivity contribution >= 4 is 17.8 Å². The standard InChI is InChI=1S/C18H22N2O4/c1-18(17(23)24)8-5-9-20(18)16(22)14-10-15(21)19(12-14)11-13-6-3-2-4-7-13/h2-4,6-7,14H,5,8-12H2,1H3,(H,23,24). The number of hydrogen-bond acceptors (Lipinski definition) is 3. The molecule has 0 saturated carbocycles. The minimum Gasteiger partial charge on any atom is -0.480 e. The molecule has 0 aromatic heterocycles. The summed E-state index contributed by atoms with van der Waals surface area (Å²) < 4.78 is 0. The van der Waals surface area contributed by atoms with Crippen molar-refractivity contribution in [3.8, 4) is 0 Å². The second-order valence-corrected chi connectivity index (χ2v) is 6.83. The summed E-state index contributed by atoms with van der Waals surface area (Å²) in [5.41, 5.74) is -0.122. The van der Waals surface area contributed by atoms with E-state index in [1.54, 1.807) is 11.8 Å². The highest BCUT2D eigenvalue weighted by molar-refractivity contribution is 5.93. The Kier molecular flexibility index (Phi) is 4.30. The van der Waals surface area contributed by atoms with Crippen molar-refractivity contribution in [2.75, 3.05) is 13.1 Å². The van der Waals surface area contributed by atoms with Gasteiger partial charge in [0.05, 0.1) is 5.92 Å². The van der Waals surface area contributed by atoms with Crippen LogP contribution in [0.15, 0.2) is 30.3 Å². The smallest absolute Gasteiger partial charge is 0.329 e. The molecule has 2 aliphatic heterocycles. The van der Waals surface area contributed by atoms with E-state index in [4.69, 9.17) is 0 Å². The SMILES string of the molecule is CC1(C(=O)O)CCCN1C(=O)C1CC(=O)N(Cc2ccccc2)C1. The van der Waals surface area contributed by atoms with Crippen molar-refractivity contribution in [2.45, 2.75) is 38.3 Å². The lowest BCUT2D eigenvalue weighted by molar-refractivity contribution is -0.156. The lowest BCUT2D eigenvalue weighted by Gasteiger charge is -2.33. The van der Waals surface area contributed by atoms with Crippen LogP contribution in [-0.2, 0) is 20.9 Å². The van der Waals surface area contributed by atoms with E-state index in [2.05, 4.69) is 0 Å². The zero-order valence-electron chi connectivity index (χ0n) is 13.8. The van der Waals surface area contributed by atoms with E-state index in [1.807, 2.05) is 30.3 Å². The average molecular weight is 330 g/mol. The van der Waals surface area contributed by atoms with Crippen molar-refractivity contribution < 1.29 is 19.5 Å². The number of carbonyl (C=O) groups is 3. The molecule has 2 unspecified atom stereocenters. The molecule has 6 heteroatoms. The largest absolute Gasteiger partial charge is 0.480 e. The maximum absolute atomic E-state index is 12.8. The molecule has 1 aromatic carbocycles. The molecule has 2 saturated heterocycles. The third kappa shape index (κ3) is 2.88. The van der Waals surface area contributed by atoms with Gasteiger partial charge in [0.2, 0.25) is 11.8 Å². The van der Waals surface area contributed by atoms with E-state index < -0.39 is 17.4 Å². The van der Waals surface area contributed by atoms with Gasteiger partial charge in [0.25, 0.3) is 0 Å². The molecular weight excluding hydrogens is 308 g/mol. The van der Waals surface area contributed by atoms with Gasteiger partial charge in [0, 0.05) is 26.1 Å². The second-order valence-electron chi connectivity index (χ2n) is 6.83. The summed E-state index contributed by atoms with van der Waals surface area (Å²) in [7, 11) is 0. The topological polar surface area (TPSA) is 77.9 Å². The first-order valence-corrected chi connectivity index (χ1v) is 8.28. The van der Waals surface area contributed by atoms with E-state index in [-0.39, 0.29) is 18.2 Å². The van der Waals surface area contributed by atoms with Gasteiger partial charge in [-0.05, 0) is 25.3 Å². The Labute approximate surface area is 141 Å². The highest BCUT2D eigenvalue weighted by atomic mass is 16.4. The van der Waals surface area contributed by atoms with Gasteiger partial charge in [-0.25, -0.2) is 4.79 Å². The van der Waals surface area contributed by atoms with Gasteiger partial charge in [-0.1, -0.05) is 30.3 Å². The van der Waals surface area contributed by atoms with Crippen LogP contribution >= 0.6 is 0 Å². The van der Waals surface area contributed by atoms with Crippen LogP contribution in [0.5, 0.6) is 0 Å². The van der Waals surface area contributed by atoms with Gasteiger partial charge in [-0.3, -0.25) is 9.59 Å². The van der Waals surface area contributed by atoms with Crippen LogP contribution in [0.25, 0.3) is 0 Å². The summed E-state index contributed by atoms with van der Waals surface area (Å²) in [6.07, 6.45) is 1.31. The van der Waals surface area contributed by atoms with Crippen LogP contribution in [0, 0.1) is 5.92 Å². The van der Waals surface area contributed by atoms with E-state index >= 15 is 0 Å². The Hall–Kier alpha value is -2.37. The summed E-state index contributed by atoms with van der Waals surface area (Å²) in [5.74, 6) is -1.67. The predicted molar refractivity (Wildman–Crippen MR) is 87.0 cm³/mol. The second kappa shape index (κ2) is 6.26. The normalized spacial score (nSPS) is 26.9. The van der Waals surface area contributed by atoms with E-state index in [9.17, 15) is 19.5 Å². The molecule has 2 heterocycles. The third-order valence-electron chi connectivity index (χ3n) is 5.15. The molecule has 128 valence electrons. The summed E-state index contributed by atoms with van der Waals surface area (Å²) >= 11 is 0. The number of likely N-dealkylation sites (tertiary alicyclic amines) is 2. The van der Waals surface area contributed by atoms with Crippen LogP contribution in [0.3, 0.4) is 0 Å². The quantitative estimate of drug-likeness (QED) is 0.907. The van der Waals surface area contributed by atoms with Gasteiger partial charge in [-0.2, -0.15) is 0 Å². The summed E-state index contributed by atoms with van der Waals surface area (Å²) in [6.45, 7) is 2.89. The van der Waals surface area contributed by atoms with Gasteiger partial charge >= 0.3 is 5.97 Å². The molecule has 2 aliphatic rings. The first-order chi connectivity index (χ1) is 11.4. The van der Waals surface area contributed by atoms with Crippen LogP contribution in [0.1, 0.15) is 31.7 Å². The predicted octanol–water partition coefficient (Wildman–Crippen LogP) is 1.50. The summed E-state index contributed by atoms with van der Waals surface area (Å²) in [6, 6.07) is 9.65. The molecule has 0 aliphatic carbocycles. The van der Waals surface area contributed by atoms with Crippen molar-refractivity contribution in [2.24, 2.45) is 5.92 Å². The molecule has 3 rings (SSSR count). The highest BCUT2D eigenvalue weighted by Crippen LogP contribution is 2.33. The average Bonchev–Trinajstić information content (AvgIpc) is 3.12. The van der Waals surface area contributed by atoms with Gasteiger partial charge in [-0.15, -0.1) is 0 Å². The number of amides is 2. The Balaban J connectivity index is 1.69. The van der Waals surface area contributed by atoms with Crippen LogP contribution < -0.4 is 0 Å². The van der Waals surface area contributed by atoms with Gasteiger partial charge in [0.1, 0.15) is 5.54 Å². The monoisotopic (exact) mass is 330 g/mol. The first-order valence-electron chi connectivity index (χ1n) is 8.28. The number of hydrogen-bond donors (Lipinski definition) is 1. The Morgan fingerprint density at radius 2 is 2.00 bits per heavy atom. The molecule has 2 atom stereocenters. The minimum absolute atomic E-state index is 0.0478. The lowest BCUT2D eigenvalue weighted by atomic mass is 9.97. The molecule has 1 aromatic rings. The maximum Gasteiger partial charge on any atom is 0.329 e. The Morgan fingerprint density at radius 3 is 2.67 bits per heavy atom. The molecule has 0 bridgehead atoms. The van der Waals surface area contributed by atoms with Gasteiger partial charge in [0.15, 0.2) is 0 Å². The fourth-order valence-electron chi connectivity index (χ4n) is 3.65. The Morgan fingerprint density at radius 1 is 1.29 bits per heavy atom. The van der Waals surface area contributed by atoms with Crippen LogP contribution in [0.4, 0.5) is 0 Å². The van der Waals surface area contributed by atoms with Crippen molar-refractivity contribution in [1.29, 1.82) is 0 Å². The molecule has 2 amide bonds. The van der Waals surface area contributed by atoms with Crippen LogP contribution in [-0.4, -0.2) is 51.3 Å².